The first-order valence-electron chi connectivity index (χ1n) is 10.2. The molecule has 4 heteroatoms. The summed E-state index contributed by atoms with van der Waals surface area (Å²) in [6.07, 6.45) is 8.42. The lowest BCUT2D eigenvalue weighted by Crippen LogP contribution is -2.27. The number of hydrogen-bond donors (Lipinski definition) is 1. The Balaban J connectivity index is 1.45. The number of nitrogens with one attached hydrogen (secondary N) is 1. The molecular formula is C24H27N3O. The lowest BCUT2D eigenvalue weighted by molar-refractivity contribution is 0.102. The van der Waals surface area contributed by atoms with Gasteiger partial charge in [-0.05, 0) is 49.1 Å². The van der Waals surface area contributed by atoms with Crippen molar-refractivity contribution in [2.24, 2.45) is 5.92 Å². The molecule has 1 aliphatic rings. The summed E-state index contributed by atoms with van der Waals surface area (Å²) >= 11 is 0. The highest BCUT2D eigenvalue weighted by molar-refractivity contribution is 6.05. The first-order valence-corrected chi connectivity index (χ1v) is 10.2. The number of pyridine rings is 1. The van der Waals surface area contributed by atoms with Crippen LogP contribution in [0, 0.1) is 5.92 Å². The lowest BCUT2D eigenvalue weighted by atomic mass is 9.89. The number of carbonyl (C=O) groups is 1. The highest BCUT2D eigenvalue weighted by atomic mass is 16.1. The molecule has 1 fully saturated rings. The van der Waals surface area contributed by atoms with Crippen molar-refractivity contribution in [3.8, 4) is 0 Å². The third-order valence-corrected chi connectivity index (χ3v) is 5.65. The van der Waals surface area contributed by atoms with Gasteiger partial charge in [0, 0.05) is 30.2 Å². The molecule has 4 nitrogen and oxygen atoms in total. The van der Waals surface area contributed by atoms with Gasteiger partial charge < -0.3 is 10.2 Å². The van der Waals surface area contributed by atoms with Crippen LogP contribution in [0.2, 0.25) is 0 Å². The lowest BCUT2D eigenvalue weighted by Gasteiger charge is -2.28. The Labute approximate surface area is 166 Å². The first-order chi connectivity index (χ1) is 13.7. The summed E-state index contributed by atoms with van der Waals surface area (Å²) in [6, 6.07) is 17.7. The molecule has 0 unspecified atom stereocenters. The maximum Gasteiger partial charge on any atom is 0.255 e. The first kappa shape index (κ1) is 18.5. The number of fused-ring (bicyclic) bond motifs is 1. The van der Waals surface area contributed by atoms with Gasteiger partial charge in [-0.3, -0.25) is 9.78 Å². The number of benzene rings is 2. The zero-order valence-corrected chi connectivity index (χ0v) is 16.4. The van der Waals surface area contributed by atoms with Crippen LogP contribution in [0.1, 0.15) is 42.5 Å². The van der Waals surface area contributed by atoms with Crippen LogP contribution in [-0.2, 0) is 0 Å². The molecule has 1 aliphatic carbocycles. The molecule has 0 spiro atoms. The van der Waals surface area contributed by atoms with E-state index >= 15 is 0 Å². The van der Waals surface area contributed by atoms with Gasteiger partial charge in [-0.15, -0.1) is 0 Å². The molecule has 1 N–H and O–H groups in total. The summed E-state index contributed by atoms with van der Waals surface area (Å²) in [5.41, 5.74) is 3.40. The topological polar surface area (TPSA) is 45.2 Å². The normalized spacial score (nSPS) is 14.8. The van der Waals surface area contributed by atoms with Crippen molar-refractivity contribution in [1.29, 1.82) is 0 Å². The van der Waals surface area contributed by atoms with Gasteiger partial charge >= 0.3 is 0 Å². The largest absolute Gasteiger partial charge is 0.374 e. The van der Waals surface area contributed by atoms with Gasteiger partial charge in [0.15, 0.2) is 0 Å². The van der Waals surface area contributed by atoms with Crippen LogP contribution in [0.15, 0.2) is 60.8 Å². The number of rotatable bonds is 5. The minimum Gasteiger partial charge on any atom is -0.374 e. The highest BCUT2D eigenvalue weighted by Crippen LogP contribution is 2.26. The van der Waals surface area contributed by atoms with E-state index in [0.717, 1.165) is 29.1 Å². The van der Waals surface area contributed by atoms with Crippen LogP contribution >= 0.6 is 0 Å². The van der Waals surface area contributed by atoms with Crippen molar-refractivity contribution in [3.63, 3.8) is 0 Å². The average molecular weight is 374 g/mol. The number of para-hydroxylation sites is 1. The van der Waals surface area contributed by atoms with Crippen LogP contribution in [0.3, 0.4) is 0 Å². The van der Waals surface area contributed by atoms with E-state index in [1.807, 2.05) is 48.5 Å². The zero-order valence-electron chi connectivity index (χ0n) is 16.4. The summed E-state index contributed by atoms with van der Waals surface area (Å²) in [7, 11) is 2.12. The van der Waals surface area contributed by atoms with Crippen molar-refractivity contribution < 1.29 is 4.79 Å². The number of amides is 1. The third-order valence-electron chi connectivity index (χ3n) is 5.65. The van der Waals surface area contributed by atoms with Crippen molar-refractivity contribution in [3.05, 3.63) is 66.4 Å². The second kappa shape index (κ2) is 8.42. The van der Waals surface area contributed by atoms with Crippen LogP contribution in [0.5, 0.6) is 0 Å². The minimum absolute atomic E-state index is 0.106. The quantitative estimate of drug-likeness (QED) is 0.642. The predicted molar refractivity (Wildman–Crippen MR) is 116 cm³/mol. The minimum atomic E-state index is -0.106. The van der Waals surface area contributed by atoms with Crippen LogP contribution in [0.4, 0.5) is 11.4 Å². The summed E-state index contributed by atoms with van der Waals surface area (Å²) < 4.78 is 0. The summed E-state index contributed by atoms with van der Waals surface area (Å²) in [5, 5.41) is 3.99. The molecule has 28 heavy (non-hydrogen) atoms. The second-order valence-corrected chi connectivity index (χ2v) is 7.81. The number of anilines is 2. The van der Waals surface area contributed by atoms with E-state index in [1.165, 1.54) is 32.1 Å². The average Bonchev–Trinajstić information content (AvgIpc) is 2.74. The van der Waals surface area contributed by atoms with Gasteiger partial charge in [0.1, 0.15) is 0 Å². The monoisotopic (exact) mass is 373 g/mol. The van der Waals surface area contributed by atoms with Gasteiger partial charge in [0.25, 0.3) is 5.91 Å². The Bertz CT molecular complexity index is 963. The van der Waals surface area contributed by atoms with Gasteiger partial charge in [-0.25, -0.2) is 0 Å². The Morgan fingerprint density at radius 2 is 1.89 bits per heavy atom. The molecule has 144 valence electrons. The number of hydrogen-bond acceptors (Lipinski definition) is 3. The van der Waals surface area contributed by atoms with Crippen LogP contribution < -0.4 is 10.2 Å². The SMILES string of the molecule is CN(CC1CCCCC1)c1cccc(C(=O)Nc2cnc3ccccc3c2)c1. The van der Waals surface area contributed by atoms with E-state index in [0.29, 0.717) is 11.3 Å². The van der Waals surface area contributed by atoms with Crippen molar-refractivity contribution >= 4 is 28.2 Å². The van der Waals surface area contributed by atoms with E-state index in [-0.39, 0.29) is 5.91 Å². The molecule has 3 aromatic rings. The Morgan fingerprint density at radius 3 is 2.75 bits per heavy atom. The molecule has 0 bridgehead atoms. The molecule has 0 radical (unpaired) electrons. The zero-order chi connectivity index (χ0) is 19.3. The fourth-order valence-corrected chi connectivity index (χ4v) is 4.09. The summed E-state index contributed by atoms with van der Waals surface area (Å²) in [4.78, 5) is 19.5. The smallest absolute Gasteiger partial charge is 0.255 e. The highest BCUT2D eigenvalue weighted by Gasteiger charge is 2.16. The third kappa shape index (κ3) is 4.33. The van der Waals surface area contributed by atoms with Gasteiger partial charge in [-0.2, -0.15) is 0 Å². The molecule has 4 rings (SSSR count). The Kier molecular flexibility index (Phi) is 5.56. The second-order valence-electron chi connectivity index (χ2n) is 7.81. The van der Waals surface area contributed by atoms with E-state index < -0.39 is 0 Å². The van der Waals surface area contributed by atoms with Crippen LogP contribution in [-0.4, -0.2) is 24.5 Å². The van der Waals surface area contributed by atoms with Crippen molar-refractivity contribution in [1.82, 2.24) is 4.98 Å². The van der Waals surface area contributed by atoms with Gasteiger partial charge in [0.2, 0.25) is 0 Å². The molecule has 1 heterocycles. The van der Waals surface area contributed by atoms with E-state index in [4.69, 9.17) is 0 Å². The molecule has 1 amide bonds. The molecule has 1 saturated carbocycles. The maximum absolute atomic E-state index is 12.8. The van der Waals surface area contributed by atoms with Crippen molar-refractivity contribution in [2.75, 3.05) is 23.8 Å². The van der Waals surface area contributed by atoms with E-state index in [2.05, 4.69) is 28.3 Å². The fraction of sp³-hybridized carbons (Fsp3) is 0.333. The number of nitrogens with zero attached hydrogens (tertiary/aromatic N) is 2. The number of aromatic nitrogens is 1. The van der Waals surface area contributed by atoms with E-state index in [1.54, 1.807) is 6.20 Å². The van der Waals surface area contributed by atoms with Crippen molar-refractivity contribution in [2.45, 2.75) is 32.1 Å². The van der Waals surface area contributed by atoms with Gasteiger partial charge in [0.05, 0.1) is 17.4 Å². The molecular weight excluding hydrogens is 346 g/mol. The molecule has 0 atom stereocenters. The molecule has 2 aromatic carbocycles. The predicted octanol–water partition coefficient (Wildman–Crippen LogP) is 5.50. The van der Waals surface area contributed by atoms with Crippen LogP contribution in [0.25, 0.3) is 10.9 Å². The number of carbonyl (C=O) groups excluding carboxylic acids is 1. The van der Waals surface area contributed by atoms with E-state index in [9.17, 15) is 4.79 Å². The van der Waals surface area contributed by atoms with Gasteiger partial charge in [-0.1, -0.05) is 43.5 Å². The molecule has 1 aromatic heterocycles. The fourth-order valence-electron chi connectivity index (χ4n) is 4.09. The summed E-state index contributed by atoms with van der Waals surface area (Å²) in [6.45, 7) is 1.06. The molecule has 0 saturated heterocycles. The molecule has 0 aliphatic heterocycles. The Morgan fingerprint density at radius 1 is 1.07 bits per heavy atom. The summed E-state index contributed by atoms with van der Waals surface area (Å²) in [5.74, 6) is 0.657. The maximum atomic E-state index is 12.8. The standard InChI is InChI=1S/C24H27N3O/c1-27(17-18-8-3-2-4-9-18)22-12-7-11-20(15-22)24(28)26-21-14-19-10-5-6-13-23(19)25-16-21/h5-7,10-16,18H,2-4,8-9,17H2,1H3,(H,26,28). The Hall–Kier alpha value is -2.88.